The molecule has 0 radical (unpaired) electrons. The Morgan fingerprint density at radius 1 is 0.833 bits per heavy atom. The molecule has 0 fully saturated rings. The van der Waals surface area contributed by atoms with Gasteiger partial charge >= 0.3 is 0 Å². The van der Waals surface area contributed by atoms with E-state index >= 15 is 0 Å². The molecule has 2 unspecified atom stereocenters. The largest absolute Gasteiger partial charge is 0.193 e. The summed E-state index contributed by atoms with van der Waals surface area (Å²) < 4.78 is 0. The summed E-state index contributed by atoms with van der Waals surface area (Å²) >= 11 is 0. The topological polar surface area (TPSA) is 47.6 Å². The molecule has 1 aromatic carbocycles. The monoisotopic (exact) mass is 232 g/mol. The average Bonchev–Trinajstić information content (AvgIpc) is 2.38. The first kappa shape index (κ1) is 10.8. The summed E-state index contributed by atoms with van der Waals surface area (Å²) in [4.78, 5) is 0. The Morgan fingerprint density at radius 2 is 1.28 bits per heavy atom. The second-order valence-corrected chi connectivity index (χ2v) is 4.73. The summed E-state index contributed by atoms with van der Waals surface area (Å²) in [6, 6.07) is 12.8. The Hall–Kier alpha value is -2.32. The van der Waals surface area contributed by atoms with Crippen LogP contribution in [0.2, 0.25) is 0 Å². The van der Waals surface area contributed by atoms with Crippen molar-refractivity contribution in [1.29, 1.82) is 10.5 Å². The zero-order chi connectivity index (χ0) is 12.5. The summed E-state index contributed by atoms with van der Waals surface area (Å²) in [5.74, 6) is 0.127. The molecule has 86 valence electrons. The number of benzene rings is 1. The molecule has 2 aliphatic carbocycles. The van der Waals surface area contributed by atoms with Crippen LogP contribution < -0.4 is 0 Å². The summed E-state index contributed by atoms with van der Waals surface area (Å²) in [6.07, 6.45) is 5.91. The van der Waals surface area contributed by atoms with Crippen LogP contribution in [-0.4, -0.2) is 0 Å². The fraction of sp³-hybridized carbons (Fsp3) is 0.250. The maximum atomic E-state index is 9.37. The van der Waals surface area contributed by atoms with Gasteiger partial charge in [0.25, 0.3) is 0 Å². The molecular weight excluding hydrogens is 220 g/mol. The van der Waals surface area contributed by atoms with Crippen molar-refractivity contribution >= 4 is 0 Å². The highest BCUT2D eigenvalue weighted by atomic mass is 14.4. The number of hydrogen-bond acceptors (Lipinski definition) is 2. The van der Waals surface area contributed by atoms with Gasteiger partial charge in [-0.25, -0.2) is 0 Å². The highest BCUT2D eigenvalue weighted by Gasteiger charge is 2.34. The van der Waals surface area contributed by atoms with Crippen molar-refractivity contribution in [3.63, 3.8) is 0 Å². The quantitative estimate of drug-likeness (QED) is 0.642. The predicted molar refractivity (Wildman–Crippen MR) is 68.6 cm³/mol. The van der Waals surface area contributed by atoms with Crippen LogP contribution in [-0.2, 0) is 0 Å². The Labute approximate surface area is 106 Å². The smallest absolute Gasteiger partial charge is 0.0964 e. The van der Waals surface area contributed by atoms with Crippen LogP contribution in [0, 0.1) is 22.7 Å². The Balaban J connectivity index is 2.30. The van der Waals surface area contributed by atoms with Crippen LogP contribution in [0.5, 0.6) is 0 Å². The molecule has 2 heteroatoms. The third-order valence-electron chi connectivity index (χ3n) is 3.89. The minimum atomic E-state index is 0.0636. The van der Waals surface area contributed by atoms with E-state index in [-0.39, 0.29) is 11.8 Å². The van der Waals surface area contributed by atoms with Crippen LogP contribution in [0.25, 0.3) is 0 Å². The fourth-order valence-corrected chi connectivity index (χ4v) is 3.06. The summed E-state index contributed by atoms with van der Waals surface area (Å²) in [7, 11) is 0. The van der Waals surface area contributed by atoms with Crippen LogP contribution >= 0.6 is 0 Å². The lowest BCUT2D eigenvalue weighted by molar-refractivity contribution is 0.690. The van der Waals surface area contributed by atoms with Crippen molar-refractivity contribution in [2.45, 2.75) is 24.7 Å². The zero-order valence-electron chi connectivity index (χ0n) is 9.93. The molecule has 18 heavy (non-hydrogen) atoms. The molecule has 2 nitrogen and oxygen atoms in total. The van der Waals surface area contributed by atoms with E-state index in [2.05, 4.69) is 36.4 Å². The molecule has 0 saturated heterocycles. The van der Waals surface area contributed by atoms with Gasteiger partial charge in [-0.3, -0.25) is 0 Å². The minimum absolute atomic E-state index is 0.0636. The molecule has 0 aliphatic heterocycles. The Kier molecular flexibility index (Phi) is 2.50. The number of nitriles is 2. The zero-order valence-corrected chi connectivity index (χ0v) is 9.93. The number of hydrogen-bond donors (Lipinski definition) is 0. The molecule has 2 atom stereocenters. The van der Waals surface area contributed by atoms with E-state index < -0.39 is 0 Å². The number of fused-ring (bicyclic) bond motifs is 5. The molecule has 3 rings (SSSR count). The van der Waals surface area contributed by atoms with Gasteiger partial charge in [0.05, 0.1) is 23.3 Å². The summed E-state index contributed by atoms with van der Waals surface area (Å²) in [6.45, 7) is 0. The molecule has 2 bridgehead atoms. The van der Waals surface area contributed by atoms with Crippen molar-refractivity contribution in [3.05, 3.63) is 58.7 Å². The van der Waals surface area contributed by atoms with Gasteiger partial charge in [0.15, 0.2) is 0 Å². The highest BCUT2D eigenvalue weighted by Crippen LogP contribution is 2.46. The minimum Gasteiger partial charge on any atom is -0.193 e. The van der Waals surface area contributed by atoms with E-state index in [4.69, 9.17) is 0 Å². The van der Waals surface area contributed by atoms with Gasteiger partial charge in [0.1, 0.15) is 0 Å². The van der Waals surface area contributed by atoms with Gasteiger partial charge in [-0.1, -0.05) is 36.4 Å². The lowest BCUT2D eigenvalue weighted by atomic mass is 9.69. The van der Waals surface area contributed by atoms with Gasteiger partial charge in [-0.15, -0.1) is 0 Å². The van der Waals surface area contributed by atoms with Gasteiger partial charge < -0.3 is 0 Å². The number of rotatable bonds is 0. The molecule has 2 aliphatic rings. The summed E-state index contributed by atoms with van der Waals surface area (Å²) in [5.41, 5.74) is 3.79. The van der Waals surface area contributed by atoms with E-state index in [1.807, 2.05) is 12.1 Å². The van der Waals surface area contributed by atoms with Gasteiger partial charge in [-0.2, -0.15) is 10.5 Å². The number of allylic oxidation sites excluding steroid dienone is 4. The normalized spacial score (nSPS) is 26.6. The lowest BCUT2D eigenvalue weighted by Crippen LogP contribution is -2.19. The standard InChI is InChI=1S/C16H12N2/c17-9-15-13-7-3-4-8-14(16(15)10-18)12-6-2-1-5-11(12)13/h1-6,13-14H,7-8H2/b4-3-. The van der Waals surface area contributed by atoms with E-state index in [0.717, 1.165) is 12.8 Å². The van der Waals surface area contributed by atoms with E-state index in [0.29, 0.717) is 11.1 Å². The van der Waals surface area contributed by atoms with Crippen molar-refractivity contribution in [2.24, 2.45) is 0 Å². The van der Waals surface area contributed by atoms with Crippen LogP contribution in [0.15, 0.2) is 47.6 Å². The third-order valence-corrected chi connectivity index (χ3v) is 3.89. The van der Waals surface area contributed by atoms with Crippen LogP contribution in [0.4, 0.5) is 0 Å². The van der Waals surface area contributed by atoms with Gasteiger partial charge in [0.2, 0.25) is 0 Å². The van der Waals surface area contributed by atoms with E-state index in [9.17, 15) is 10.5 Å². The Bertz CT molecular complexity index is 583. The first-order chi connectivity index (χ1) is 8.86. The van der Waals surface area contributed by atoms with Crippen molar-refractivity contribution in [1.82, 2.24) is 0 Å². The van der Waals surface area contributed by atoms with E-state index in [1.165, 1.54) is 11.1 Å². The predicted octanol–water partition coefficient (Wildman–Crippen LogP) is 3.56. The van der Waals surface area contributed by atoms with Gasteiger partial charge in [0, 0.05) is 11.8 Å². The molecule has 0 saturated carbocycles. The molecule has 0 spiro atoms. The van der Waals surface area contributed by atoms with Crippen LogP contribution in [0.1, 0.15) is 35.8 Å². The average molecular weight is 232 g/mol. The third kappa shape index (κ3) is 1.40. The SMILES string of the molecule is N#CC1=C(C#N)C2C/C=C\CC1c1ccccc12. The van der Waals surface area contributed by atoms with Crippen molar-refractivity contribution in [3.8, 4) is 12.1 Å². The van der Waals surface area contributed by atoms with Crippen molar-refractivity contribution < 1.29 is 0 Å². The first-order valence-corrected chi connectivity index (χ1v) is 6.15. The van der Waals surface area contributed by atoms with Crippen LogP contribution in [0.3, 0.4) is 0 Å². The molecule has 0 heterocycles. The van der Waals surface area contributed by atoms with E-state index in [1.54, 1.807) is 0 Å². The molecular formula is C16H12N2. The molecule has 1 aromatic rings. The summed E-state index contributed by atoms with van der Waals surface area (Å²) in [5, 5.41) is 18.7. The maximum Gasteiger partial charge on any atom is 0.0964 e. The lowest BCUT2D eigenvalue weighted by Gasteiger charge is -2.32. The second-order valence-electron chi connectivity index (χ2n) is 4.73. The maximum absolute atomic E-state index is 9.37. The van der Waals surface area contributed by atoms with Gasteiger partial charge in [-0.05, 0) is 24.0 Å². The second kappa shape index (κ2) is 4.17. The highest BCUT2D eigenvalue weighted by molar-refractivity contribution is 5.58. The molecule has 0 N–H and O–H groups in total. The number of nitrogens with zero attached hydrogens (tertiary/aromatic N) is 2. The first-order valence-electron chi connectivity index (χ1n) is 6.15. The molecule has 0 aromatic heterocycles. The Morgan fingerprint density at radius 3 is 1.67 bits per heavy atom. The fourth-order valence-electron chi connectivity index (χ4n) is 3.06. The molecule has 0 amide bonds. The van der Waals surface area contributed by atoms with Crippen molar-refractivity contribution in [2.75, 3.05) is 0 Å².